The zero-order chi connectivity index (χ0) is 17.5. The minimum Gasteiger partial charge on any atom is -0.489 e. The van der Waals surface area contributed by atoms with Crippen molar-refractivity contribution < 1.29 is 27.4 Å². The fraction of sp³-hybridized carbons (Fsp3) is 0.235. The van der Waals surface area contributed by atoms with E-state index in [0.29, 0.717) is 0 Å². The summed E-state index contributed by atoms with van der Waals surface area (Å²) in [4.78, 5) is 13.6. The van der Waals surface area contributed by atoms with E-state index in [2.05, 4.69) is 4.74 Å². The van der Waals surface area contributed by atoms with Crippen molar-refractivity contribution >= 4 is 5.91 Å². The number of benzene rings is 2. The molecule has 0 bridgehead atoms. The van der Waals surface area contributed by atoms with Crippen LogP contribution < -0.4 is 9.47 Å². The summed E-state index contributed by atoms with van der Waals surface area (Å²) in [6.07, 6.45) is 0. The van der Waals surface area contributed by atoms with Gasteiger partial charge in [-0.2, -0.15) is 8.78 Å². The van der Waals surface area contributed by atoms with Gasteiger partial charge in [-0.1, -0.05) is 18.2 Å². The molecule has 0 radical (unpaired) electrons. The van der Waals surface area contributed by atoms with Crippen molar-refractivity contribution in [2.45, 2.75) is 6.61 Å². The fourth-order valence-corrected chi connectivity index (χ4v) is 1.98. The Morgan fingerprint density at radius 3 is 2.62 bits per heavy atom. The average molecular weight is 339 g/mol. The van der Waals surface area contributed by atoms with Gasteiger partial charge in [0, 0.05) is 12.6 Å². The molecule has 1 amide bonds. The van der Waals surface area contributed by atoms with E-state index in [-0.39, 0.29) is 36.1 Å². The van der Waals surface area contributed by atoms with Gasteiger partial charge in [0.15, 0.2) is 11.6 Å². The van der Waals surface area contributed by atoms with Crippen LogP contribution in [0.25, 0.3) is 0 Å². The van der Waals surface area contributed by atoms with Crippen molar-refractivity contribution in [1.82, 2.24) is 4.90 Å². The van der Waals surface area contributed by atoms with E-state index in [4.69, 9.17) is 4.74 Å². The van der Waals surface area contributed by atoms with E-state index in [1.807, 2.05) is 0 Å². The Bertz CT molecular complexity index is 694. The van der Waals surface area contributed by atoms with Crippen LogP contribution in [-0.2, 0) is 0 Å². The molecule has 0 aromatic heterocycles. The number of ether oxygens (including phenoxy) is 2. The van der Waals surface area contributed by atoms with E-state index in [1.165, 1.54) is 48.3 Å². The second kappa shape index (κ2) is 8.24. The van der Waals surface area contributed by atoms with Crippen molar-refractivity contribution in [3.8, 4) is 11.5 Å². The van der Waals surface area contributed by atoms with Crippen LogP contribution >= 0.6 is 0 Å². The van der Waals surface area contributed by atoms with Crippen LogP contribution in [-0.4, -0.2) is 37.6 Å². The maximum atomic E-state index is 13.4. The zero-order valence-corrected chi connectivity index (χ0v) is 12.9. The summed E-state index contributed by atoms with van der Waals surface area (Å²) in [5.74, 6) is -0.854. The van der Waals surface area contributed by atoms with Crippen LogP contribution in [0.4, 0.5) is 13.2 Å². The molecule has 2 rings (SSSR count). The summed E-state index contributed by atoms with van der Waals surface area (Å²) < 4.78 is 47.4. The SMILES string of the molecule is CN(CCOc1ccccc1F)C(=O)c1cccc(OC(F)F)c1. The first-order valence-electron chi connectivity index (χ1n) is 7.15. The molecule has 2 aromatic carbocycles. The van der Waals surface area contributed by atoms with Gasteiger partial charge in [-0.15, -0.1) is 0 Å². The van der Waals surface area contributed by atoms with Crippen LogP contribution in [0.15, 0.2) is 48.5 Å². The molecular formula is C17H16F3NO3. The molecule has 2 aromatic rings. The number of hydrogen-bond acceptors (Lipinski definition) is 3. The van der Waals surface area contributed by atoms with Gasteiger partial charge in [-0.05, 0) is 30.3 Å². The highest BCUT2D eigenvalue weighted by Crippen LogP contribution is 2.17. The highest BCUT2D eigenvalue weighted by molar-refractivity contribution is 5.94. The minimum atomic E-state index is -2.96. The van der Waals surface area contributed by atoms with E-state index < -0.39 is 12.4 Å². The standard InChI is InChI=1S/C17H16F3NO3/c1-21(9-10-23-15-8-3-2-7-14(15)18)16(22)12-5-4-6-13(11-12)24-17(19)20/h2-8,11,17H,9-10H2,1H3. The molecule has 0 unspecified atom stereocenters. The van der Waals surface area contributed by atoms with Crippen LogP contribution in [0.5, 0.6) is 11.5 Å². The highest BCUT2D eigenvalue weighted by atomic mass is 19.3. The molecule has 0 aliphatic rings. The largest absolute Gasteiger partial charge is 0.489 e. The average Bonchev–Trinajstić information content (AvgIpc) is 2.55. The lowest BCUT2D eigenvalue weighted by molar-refractivity contribution is -0.0499. The second-order valence-electron chi connectivity index (χ2n) is 4.91. The molecule has 0 saturated carbocycles. The molecular weight excluding hydrogens is 323 g/mol. The number of para-hydroxylation sites is 1. The van der Waals surface area contributed by atoms with Gasteiger partial charge in [0.05, 0.1) is 6.54 Å². The summed E-state index contributed by atoms with van der Waals surface area (Å²) in [6.45, 7) is -2.66. The maximum Gasteiger partial charge on any atom is 0.387 e. The maximum absolute atomic E-state index is 13.4. The zero-order valence-electron chi connectivity index (χ0n) is 12.9. The fourth-order valence-electron chi connectivity index (χ4n) is 1.98. The number of nitrogens with zero attached hydrogens (tertiary/aromatic N) is 1. The first-order chi connectivity index (χ1) is 11.5. The first-order valence-corrected chi connectivity index (χ1v) is 7.15. The number of carbonyl (C=O) groups excluding carboxylic acids is 1. The molecule has 128 valence electrons. The van der Waals surface area contributed by atoms with Gasteiger partial charge in [-0.3, -0.25) is 4.79 Å². The van der Waals surface area contributed by atoms with E-state index >= 15 is 0 Å². The lowest BCUT2D eigenvalue weighted by atomic mass is 10.2. The lowest BCUT2D eigenvalue weighted by Gasteiger charge is -2.18. The Labute approximate surface area is 137 Å². The Kier molecular flexibility index (Phi) is 6.06. The van der Waals surface area contributed by atoms with Crippen molar-refractivity contribution in [2.24, 2.45) is 0 Å². The van der Waals surface area contributed by atoms with Crippen LogP contribution in [0.2, 0.25) is 0 Å². The molecule has 0 aliphatic heterocycles. The van der Waals surface area contributed by atoms with Crippen molar-refractivity contribution in [2.75, 3.05) is 20.2 Å². The van der Waals surface area contributed by atoms with Crippen molar-refractivity contribution in [1.29, 1.82) is 0 Å². The van der Waals surface area contributed by atoms with Gasteiger partial charge in [0.25, 0.3) is 5.91 Å². The predicted molar refractivity (Wildman–Crippen MR) is 81.9 cm³/mol. The summed E-state index contributed by atoms with van der Waals surface area (Å²) in [5.41, 5.74) is 0.210. The number of alkyl halides is 2. The quantitative estimate of drug-likeness (QED) is 0.774. The normalized spacial score (nSPS) is 10.5. The molecule has 0 saturated heterocycles. The van der Waals surface area contributed by atoms with Gasteiger partial charge >= 0.3 is 6.61 Å². The third-order valence-corrected chi connectivity index (χ3v) is 3.17. The van der Waals surface area contributed by atoms with Crippen molar-refractivity contribution in [3.05, 3.63) is 59.9 Å². The molecule has 0 fully saturated rings. The predicted octanol–water partition coefficient (Wildman–Crippen LogP) is 3.58. The van der Waals surface area contributed by atoms with Gasteiger partial charge < -0.3 is 14.4 Å². The third kappa shape index (κ3) is 4.91. The van der Waals surface area contributed by atoms with Crippen LogP contribution in [0, 0.1) is 5.82 Å². The molecule has 24 heavy (non-hydrogen) atoms. The Morgan fingerprint density at radius 1 is 1.17 bits per heavy atom. The topological polar surface area (TPSA) is 38.8 Å². The number of rotatable bonds is 7. The summed E-state index contributed by atoms with van der Waals surface area (Å²) >= 11 is 0. The molecule has 0 aliphatic carbocycles. The Balaban J connectivity index is 1.91. The molecule has 0 N–H and O–H groups in total. The Morgan fingerprint density at radius 2 is 1.92 bits per heavy atom. The first kappa shape index (κ1) is 17.7. The molecule has 0 spiro atoms. The number of carbonyl (C=O) groups is 1. The number of halogens is 3. The number of hydrogen-bond donors (Lipinski definition) is 0. The lowest BCUT2D eigenvalue weighted by Crippen LogP contribution is -2.31. The minimum absolute atomic E-state index is 0.0909. The summed E-state index contributed by atoms with van der Waals surface area (Å²) in [5, 5.41) is 0. The van der Waals surface area contributed by atoms with Gasteiger partial charge in [-0.25, -0.2) is 4.39 Å². The summed E-state index contributed by atoms with van der Waals surface area (Å²) in [7, 11) is 1.54. The number of amides is 1. The van der Waals surface area contributed by atoms with Crippen LogP contribution in [0.1, 0.15) is 10.4 Å². The molecule has 7 heteroatoms. The van der Waals surface area contributed by atoms with Crippen LogP contribution in [0.3, 0.4) is 0 Å². The Hall–Kier alpha value is -2.70. The molecule has 4 nitrogen and oxygen atoms in total. The molecule has 0 heterocycles. The molecule has 0 atom stereocenters. The third-order valence-electron chi connectivity index (χ3n) is 3.17. The van der Waals surface area contributed by atoms with Gasteiger partial charge in [0.2, 0.25) is 0 Å². The van der Waals surface area contributed by atoms with Crippen molar-refractivity contribution in [3.63, 3.8) is 0 Å². The highest BCUT2D eigenvalue weighted by Gasteiger charge is 2.14. The van der Waals surface area contributed by atoms with E-state index in [0.717, 1.165) is 0 Å². The van der Waals surface area contributed by atoms with Gasteiger partial charge in [0.1, 0.15) is 12.4 Å². The second-order valence-corrected chi connectivity index (χ2v) is 4.91. The summed E-state index contributed by atoms with van der Waals surface area (Å²) in [6, 6.07) is 11.5. The van der Waals surface area contributed by atoms with E-state index in [1.54, 1.807) is 12.1 Å². The monoisotopic (exact) mass is 339 g/mol. The number of likely N-dealkylation sites (N-methyl/N-ethyl adjacent to an activating group) is 1. The van der Waals surface area contributed by atoms with E-state index in [9.17, 15) is 18.0 Å². The smallest absolute Gasteiger partial charge is 0.387 e.